The van der Waals surface area contributed by atoms with Gasteiger partial charge < -0.3 is 15.1 Å². The molecule has 0 amide bonds. The van der Waals surface area contributed by atoms with E-state index < -0.39 is 0 Å². The fraction of sp³-hybridized carbons (Fsp3) is 1.00. The molecular formula is C11H27N3. The molecule has 0 bridgehead atoms. The van der Waals surface area contributed by atoms with Gasteiger partial charge in [0.25, 0.3) is 0 Å². The van der Waals surface area contributed by atoms with Crippen LogP contribution in [0.1, 0.15) is 19.8 Å². The normalized spacial score (nSPS) is 11.6. The third-order valence-electron chi connectivity index (χ3n) is 2.32. The summed E-state index contributed by atoms with van der Waals surface area (Å²) in [7, 11) is 6.45. The Bertz CT molecular complexity index is 115. The summed E-state index contributed by atoms with van der Waals surface area (Å²) in [5.41, 5.74) is 0. The number of hydrogen-bond donors (Lipinski definition) is 1. The van der Waals surface area contributed by atoms with Crippen molar-refractivity contribution in [2.24, 2.45) is 0 Å². The van der Waals surface area contributed by atoms with E-state index in [2.05, 4.69) is 43.2 Å². The lowest BCUT2D eigenvalue weighted by atomic mass is 10.3. The molecule has 0 aliphatic carbocycles. The van der Waals surface area contributed by atoms with E-state index in [1.54, 1.807) is 0 Å². The molecule has 0 atom stereocenters. The van der Waals surface area contributed by atoms with Gasteiger partial charge in [0.15, 0.2) is 0 Å². The fourth-order valence-electron chi connectivity index (χ4n) is 1.29. The van der Waals surface area contributed by atoms with Gasteiger partial charge in [0.05, 0.1) is 0 Å². The Morgan fingerprint density at radius 2 is 1.64 bits per heavy atom. The Hall–Kier alpha value is -0.120. The summed E-state index contributed by atoms with van der Waals surface area (Å²) >= 11 is 0. The number of hydrogen-bond acceptors (Lipinski definition) is 3. The van der Waals surface area contributed by atoms with Crippen LogP contribution < -0.4 is 5.32 Å². The summed E-state index contributed by atoms with van der Waals surface area (Å²) < 4.78 is 0. The van der Waals surface area contributed by atoms with Gasteiger partial charge in [0.1, 0.15) is 0 Å². The molecule has 0 aliphatic heterocycles. The molecule has 0 aromatic heterocycles. The molecule has 0 radical (unpaired) electrons. The Morgan fingerprint density at radius 3 is 2.21 bits per heavy atom. The van der Waals surface area contributed by atoms with Gasteiger partial charge in [0, 0.05) is 13.1 Å². The molecule has 1 N–H and O–H groups in total. The van der Waals surface area contributed by atoms with Gasteiger partial charge in [-0.15, -0.1) is 0 Å². The predicted octanol–water partition coefficient (Wildman–Crippen LogP) is 0.870. The van der Waals surface area contributed by atoms with E-state index in [4.69, 9.17) is 0 Å². The summed E-state index contributed by atoms with van der Waals surface area (Å²) in [5, 5.41) is 3.35. The maximum Gasteiger partial charge on any atom is 0.0106 e. The zero-order valence-corrected chi connectivity index (χ0v) is 10.3. The average molecular weight is 201 g/mol. The number of unbranched alkanes of at least 4 members (excludes halogenated alkanes) is 1. The van der Waals surface area contributed by atoms with Gasteiger partial charge in [-0.05, 0) is 53.6 Å². The summed E-state index contributed by atoms with van der Waals surface area (Å²) in [6, 6.07) is 0. The molecular weight excluding hydrogens is 174 g/mol. The molecule has 86 valence electrons. The second-order valence-corrected chi connectivity index (χ2v) is 4.17. The predicted molar refractivity (Wildman–Crippen MR) is 63.8 cm³/mol. The lowest BCUT2D eigenvalue weighted by Gasteiger charge is -2.19. The van der Waals surface area contributed by atoms with Crippen molar-refractivity contribution < 1.29 is 0 Å². The Kier molecular flexibility index (Phi) is 9.35. The van der Waals surface area contributed by atoms with Crippen molar-refractivity contribution in [3.05, 3.63) is 0 Å². The molecule has 0 aromatic rings. The molecule has 3 heteroatoms. The topological polar surface area (TPSA) is 18.5 Å². The number of nitrogens with zero attached hydrogens (tertiary/aromatic N) is 2. The summed E-state index contributed by atoms with van der Waals surface area (Å²) in [6.07, 6.45) is 2.59. The molecule has 0 aromatic carbocycles. The van der Waals surface area contributed by atoms with Crippen molar-refractivity contribution >= 4 is 0 Å². The van der Waals surface area contributed by atoms with Crippen LogP contribution in [-0.2, 0) is 0 Å². The van der Waals surface area contributed by atoms with E-state index in [1.165, 1.54) is 25.9 Å². The van der Waals surface area contributed by atoms with Crippen LogP contribution in [0.3, 0.4) is 0 Å². The van der Waals surface area contributed by atoms with E-state index >= 15 is 0 Å². The fourth-order valence-corrected chi connectivity index (χ4v) is 1.29. The highest BCUT2D eigenvalue weighted by Gasteiger charge is 1.98. The number of rotatable bonds is 9. The van der Waals surface area contributed by atoms with Crippen molar-refractivity contribution in [1.29, 1.82) is 0 Å². The zero-order valence-electron chi connectivity index (χ0n) is 10.3. The molecule has 3 nitrogen and oxygen atoms in total. The van der Waals surface area contributed by atoms with E-state index in [-0.39, 0.29) is 0 Å². The van der Waals surface area contributed by atoms with Crippen LogP contribution in [0.2, 0.25) is 0 Å². The van der Waals surface area contributed by atoms with Crippen LogP contribution in [0.15, 0.2) is 0 Å². The first-order valence-electron chi connectivity index (χ1n) is 5.70. The quantitative estimate of drug-likeness (QED) is 0.559. The van der Waals surface area contributed by atoms with Gasteiger partial charge in [-0.1, -0.05) is 6.92 Å². The minimum Gasteiger partial charge on any atom is -0.317 e. The first kappa shape index (κ1) is 13.9. The zero-order chi connectivity index (χ0) is 10.8. The summed E-state index contributed by atoms with van der Waals surface area (Å²) in [4.78, 5) is 4.64. The van der Waals surface area contributed by atoms with Crippen LogP contribution in [-0.4, -0.2) is 63.7 Å². The Balaban J connectivity index is 3.14. The third kappa shape index (κ3) is 9.96. The molecule has 0 heterocycles. The van der Waals surface area contributed by atoms with Crippen molar-refractivity contribution in [1.82, 2.24) is 15.1 Å². The molecule has 0 spiro atoms. The van der Waals surface area contributed by atoms with Crippen LogP contribution in [0.5, 0.6) is 0 Å². The lowest BCUT2D eigenvalue weighted by molar-refractivity contribution is 0.277. The second-order valence-electron chi connectivity index (χ2n) is 4.17. The average Bonchev–Trinajstić information content (AvgIpc) is 2.14. The van der Waals surface area contributed by atoms with Crippen molar-refractivity contribution in [2.75, 3.05) is 53.9 Å². The van der Waals surface area contributed by atoms with Gasteiger partial charge in [0.2, 0.25) is 0 Å². The molecule has 0 saturated carbocycles. The van der Waals surface area contributed by atoms with Crippen LogP contribution in [0.4, 0.5) is 0 Å². The van der Waals surface area contributed by atoms with Gasteiger partial charge >= 0.3 is 0 Å². The third-order valence-corrected chi connectivity index (χ3v) is 2.32. The van der Waals surface area contributed by atoms with E-state index in [9.17, 15) is 0 Å². The second kappa shape index (κ2) is 9.44. The van der Waals surface area contributed by atoms with E-state index in [0.717, 1.165) is 19.6 Å². The molecule has 14 heavy (non-hydrogen) atoms. The van der Waals surface area contributed by atoms with E-state index in [1.807, 2.05) is 0 Å². The smallest absolute Gasteiger partial charge is 0.0106 e. The molecule has 0 rings (SSSR count). The van der Waals surface area contributed by atoms with Crippen LogP contribution in [0.25, 0.3) is 0 Å². The van der Waals surface area contributed by atoms with Crippen LogP contribution in [0, 0.1) is 0 Å². The SMILES string of the molecule is CCNCCCCN(C)CCN(C)C. The van der Waals surface area contributed by atoms with Gasteiger partial charge in [-0.25, -0.2) is 0 Å². The minimum atomic E-state index is 1.09. The van der Waals surface area contributed by atoms with Crippen molar-refractivity contribution in [3.8, 4) is 0 Å². The molecule has 0 fully saturated rings. The standard InChI is InChI=1S/C11H27N3/c1-5-12-8-6-7-9-14(4)11-10-13(2)3/h12H,5-11H2,1-4H3. The van der Waals surface area contributed by atoms with Crippen LogP contribution >= 0.6 is 0 Å². The number of nitrogens with one attached hydrogen (secondary N) is 1. The molecule has 0 saturated heterocycles. The lowest BCUT2D eigenvalue weighted by Crippen LogP contribution is -2.29. The molecule has 0 aliphatic rings. The van der Waals surface area contributed by atoms with Gasteiger partial charge in [-0.2, -0.15) is 0 Å². The maximum atomic E-state index is 3.35. The highest BCUT2D eigenvalue weighted by molar-refractivity contribution is 4.55. The highest BCUT2D eigenvalue weighted by atomic mass is 15.1. The van der Waals surface area contributed by atoms with Gasteiger partial charge in [-0.3, -0.25) is 0 Å². The van der Waals surface area contributed by atoms with E-state index in [0.29, 0.717) is 0 Å². The first-order chi connectivity index (χ1) is 6.66. The maximum absolute atomic E-state index is 3.35. The Morgan fingerprint density at radius 1 is 0.929 bits per heavy atom. The highest BCUT2D eigenvalue weighted by Crippen LogP contribution is 1.92. The van der Waals surface area contributed by atoms with Crippen molar-refractivity contribution in [3.63, 3.8) is 0 Å². The first-order valence-corrected chi connectivity index (χ1v) is 5.70. The Labute approximate surface area is 89.5 Å². The van der Waals surface area contributed by atoms with Crippen molar-refractivity contribution in [2.45, 2.75) is 19.8 Å². The summed E-state index contributed by atoms with van der Waals surface area (Å²) in [6.45, 7) is 7.97. The minimum absolute atomic E-state index is 1.09. The molecule has 0 unspecified atom stereocenters. The largest absolute Gasteiger partial charge is 0.317 e. The summed E-state index contributed by atoms with van der Waals surface area (Å²) in [5.74, 6) is 0. The number of likely N-dealkylation sites (N-methyl/N-ethyl adjacent to an activating group) is 2. The monoisotopic (exact) mass is 201 g/mol.